The Balaban J connectivity index is 1.16. The summed E-state index contributed by atoms with van der Waals surface area (Å²) in [4.78, 5) is 25.0. The number of hydrogen-bond acceptors (Lipinski definition) is 12. The number of rotatable bonds is 10. The smallest absolute Gasteiger partial charge is 0.347 e. The molecule has 240 valence electrons. The molecule has 1 unspecified atom stereocenters. The Morgan fingerprint density at radius 1 is 1.07 bits per heavy atom. The van der Waals surface area contributed by atoms with Crippen molar-refractivity contribution in [3.63, 3.8) is 0 Å². The van der Waals surface area contributed by atoms with Gasteiger partial charge in [0.25, 0.3) is 0 Å². The van der Waals surface area contributed by atoms with E-state index in [0.29, 0.717) is 43.4 Å². The van der Waals surface area contributed by atoms with Crippen molar-refractivity contribution in [2.24, 2.45) is 7.05 Å². The summed E-state index contributed by atoms with van der Waals surface area (Å²) in [5.74, 6) is 3.03. The topological polar surface area (TPSA) is 181 Å². The van der Waals surface area contributed by atoms with E-state index in [1.54, 1.807) is 35.7 Å². The minimum Gasteiger partial charge on any atom is -0.474 e. The van der Waals surface area contributed by atoms with Crippen molar-refractivity contribution in [3.8, 4) is 17.3 Å². The van der Waals surface area contributed by atoms with Crippen LogP contribution < -0.4 is 20.0 Å². The molecular weight excluding hydrogens is 592 g/mol. The van der Waals surface area contributed by atoms with Crippen molar-refractivity contribution in [3.05, 3.63) is 55.0 Å². The van der Waals surface area contributed by atoms with E-state index in [1.807, 2.05) is 29.8 Å². The fraction of sp³-hybridized carbons (Fsp3) is 0.433. The first-order valence-corrected chi connectivity index (χ1v) is 15.5. The van der Waals surface area contributed by atoms with Crippen LogP contribution in [-0.4, -0.2) is 99.7 Å². The van der Waals surface area contributed by atoms with Crippen molar-refractivity contribution < 1.29 is 24.9 Å². The summed E-state index contributed by atoms with van der Waals surface area (Å²) in [7, 11) is 1.81. The van der Waals surface area contributed by atoms with E-state index in [-0.39, 0.29) is 23.9 Å². The summed E-state index contributed by atoms with van der Waals surface area (Å²) >= 11 is 0. The Labute approximate surface area is 264 Å². The van der Waals surface area contributed by atoms with Gasteiger partial charge in [-0.15, -0.1) is 10.2 Å². The van der Waals surface area contributed by atoms with Crippen LogP contribution in [0.1, 0.15) is 31.4 Å². The summed E-state index contributed by atoms with van der Waals surface area (Å²) in [6.45, 7) is 2.99. The summed E-state index contributed by atoms with van der Waals surface area (Å²) in [6, 6.07) is 6.12. The van der Waals surface area contributed by atoms with Crippen LogP contribution in [0.4, 0.5) is 17.7 Å². The molecule has 5 aromatic rings. The zero-order chi connectivity index (χ0) is 31.5. The fourth-order valence-electron chi connectivity index (χ4n) is 5.99. The molecule has 1 aliphatic carbocycles. The Morgan fingerprint density at radius 3 is 2.65 bits per heavy atom. The SMILES string of the molecule is Cn1c(Cn2cnnc2-c2cnc3cc(N4CCOCC4)nc(OC4CCC(Nc5ncccn5)CC4)c3c2)cnc1[NH+](O)C[OH2+]. The van der Waals surface area contributed by atoms with Gasteiger partial charge in [-0.1, -0.05) is 5.06 Å². The van der Waals surface area contributed by atoms with Gasteiger partial charge in [0.1, 0.15) is 18.2 Å². The second kappa shape index (κ2) is 13.3. The lowest BCUT2D eigenvalue weighted by Crippen LogP contribution is -3.05. The molecule has 2 fully saturated rings. The van der Waals surface area contributed by atoms with E-state index in [0.717, 1.165) is 66.8 Å². The van der Waals surface area contributed by atoms with Gasteiger partial charge in [0, 0.05) is 56.4 Å². The van der Waals surface area contributed by atoms with Gasteiger partial charge in [0.05, 0.1) is 42.6 Å². The molecule has 0 aromatic carbocycles. The number of anilines is 2. The van der Waals surface area contributed by atoms with Crippen LogP contribution in [0.5, 0.6) is 5.88 Å². The summed E-state index contributed by atoms with van der Waals surface area (Å²) in [6.07, 6.45) is 12.2. The van der Waals surface area contributed by atoms with Crippen LogP contribution in [0.3, 0.4) is 0 Å². The highest BCUT2D eigenvalue weighted by Gasteiger charge is 2.26. The lowest BCUT2D eigenvalue weighted by molar-refractivity contribution is -1.05. The third-order valence-corrected chi connectivity index (χ3v) is 8.53. The predicted octanol–water partition coefficient (Wildman–Crippen LogP) is 0.687. The van der Waals surface area contributed by atoms with Crippen LogP contribution >= 0.6 is 0 Å². The van der Waals surface area contributed by atoms with E-state index in [1.165, 1.54) is 0 Å². The van der Waals surface area contributed by atoms with Crippen LogP contribution in [0.25, 0.3) is 22.3 Å². The quantitative estimate of drug-likeness (QED) is 0.112. The number of nitrogens with one attached hydrogen (secondary N) is 2. The molecule has 6 heterocycles. The van der Waals surface area contributed by atoms with E-state index in [2.05, 4.69) is 35.4 Å². The molecule has 5 N–H and O–H groups in total. The summed E-state index contributed by atoms with van der Waals surface area (Å²) in [5, 5.41) is 30.3. The van der Waals surface area contributed by atoms with Gasteiger partial charge >= 0.3 is 12.7 Å². The van der Waals surface area contributed by atoms with Crippen LogP contribution in [0.15, 0.2) is 49.3 Å². The number of hydroxylamine groups is 1. The number of aromatic nitrogens is 9. The van der Waals surface area contributed by atoms with Crippen molar-refractivity contribution >= 4 is 28.6 Å². The molecule has 7 rings (SSSR count). The maximum absolute atomic E-state index is 10.1. The van der Waals surface area contributed by atoms with Gasteiger partial charge < -0.3 is 29.4 Å². The fourth-order valence-corrected chi connectivity index (χ4v) is 5.99. The van der Waals surface area contributed by atoms with Gasteiger partial charge in [-0.2, -0.15) is 9.97 Å². The maximum Gasteiger partial charge on any atom is 0.347 e. The van der Waals surface area contributed by atoms with Gasteiger partial charge in [-0.05, 0) is 37.8 Å². The zero-order valence-corrected chi connectivity index (χ0v) is 25.6. The number of ether oxygens (including phenoxy) is 2. The maximum atomic E-state index is 10.1. The molecule has 0 spiro atoms. The van der Waals surface area contributed by atoms with Crippen molar-refractivity contribution in [1.29, 1.82) is 0 Å². The van der Waals surface area contributed by atoms with Gasteiger partial charge in [-0.3, -0.25) is 9.55 Å². The molecule has 1 aliphatic heterocycles. The highest BCUT2D eigenvalue weighted by molar-refractivity contribution is 5.88. The number of hydrogen-bond donors (Lipinski definition) is 3. The van der Waals surface area contributed by atoms with Crippen LogP contribution in [-0.2, 0) is 18.3 Å². The highest BCUT2D eigenvalue weighted by Crippen LogP contribution is 2.33. The minimum absolute atomic E-state index is 0.00803. The minimum atomic E-state index is -0.238. The molecule has 46 heavy (non-hydrogen) atoms. The number of morpholine rings is 1. The first kappa shape index (κ1) is 29.9. The second-order valence-electron chi connectivity index (χ2n) is 11.5. The molecule has 16 nitrogen and oxygen atoms in total. The van der Waals surface area contributed by atoms with E-state index in [4.69, 9.17) is 24.5 Å². The number of quaternary nitrogens is 1. The molecule has 16 heteroatoms. The zero-order valence-electron chi connectivity index (χ0n) is 25.6. The average Bonchev–Trinajstić information content (AvgIpc) is 3.72. The first-order chi connectivity index (χ1) is 22.6. The normalized spacial score (nSPS) is 19.3. The monoisotopic (exact) mass is 630 g/mol. The van der Waals surface area contributed by atoms with E-state index < -0.39 is 0 Å². The van der Waals surface area contributed by atoms with Crippen LogP contribution in [0.2, 0.25) is 0 Å². The predicted molar refractivity (Wildman–Crippen MR) is 167 cm³/mol. The number of fused-ring (bicyclic) bond motifs is 1. The molecule has 5 aromatic heterocycles. The van der Waals surface area contributed by atoms with Gasteiger partial charge in [-0.25, -0.2) is 15.2 Å². The molecule has 0 bridgehead atoms. The summed E-state index contributed by atoms with van der Waals surface area (Å²) in [5.41, 5.74) is 2.39. The Hall–Kier alpha value is -4.77. The molecule has 0 radical (unpaired) electrons. The molecular formula is C30H38N12O4+2. The number of nitrogens with zero attached hydrogens (tertiary/aromatic N) is 10. The third-order valence-electron chi connectivity index (χ3n) is 8.53. The Morgan fingerprint density at radius 2 is 1.87 bits per heavy atom. The summed E-state index contributed by atoms with van der Waals surface area (Å²) < 4.78 is 15.9. The van der Waals surface area contributed by atoms with Crippen molar-refractivity contribution in [2.75, 3.05) is 43.3 Å². The standard InChI is InChI=1S/C30H36N12O4/c1-39-22(16-34-30(39)42(44)19-43)17-41-18-35-38-27(41)20-13-24-25(33-15-20)14-26(40-9-11-45-12-10-40)37-28(24)46-23-5-3-21(4-6-23)36-29-31-7-2-8-32-29/h2,7-8,13-16,18,21,23,43-44H,3-6,9-12,17,19H2,1H3,(H,31,32,36)/p+2. The second-order valence-corrected chi connectivity index (χ2v) is 11.5. The highest BCUT2D eigenvalue weighted by atomic mass is 16.5. The lowest BCUT2D eigenvalue weighted by atomic mass is 9.93. The molecule has 1 atom stereocenters. The van der Waals surface area contributed by atoms with E-state index >= 15 is 0 Å². The number of imidazole rings is 1. The van der Waals surface area contributed by atoms with E-state index in [9.17, 15) is 5.21 Å². The molecule has 1 saturated heterocycles. The number of pyridine rings is 2. The van der Waals surface area contributed by atoms with Crippen molar-refractivity contribution in [1.82, 2.24) is 44.3 Å². The molecule has 0 amide bonds. The average molecular weight is 631 g/mol. The van der Waals surface area contributed by atoms with Gasteiger partial charge in [0.15, 0.2) is 5.82 Å². The Kier molecular flexibility index (Phi) is 8.65. The Bertz CT molecular complexity index is 1770. The third kappa shape index (κ3) is 6.32. The molecule has 1 saturated carbocycles. The molecule has 2 aliphatic rings. The van der Waals surface area contributed by atoms with Crippen molar-refractivity contribution in [2.45, 2.75) is 44.4 Å². The largest absolute Gasteiger partial charge is 0.474 e. The van der Waals surface area contributed by atoms with Crippen LogP contribution in [0, 0.1) is 0 Å². The first-order valence-electron chi connectivity index (χ1n) is 15.5. The lowest BCUT2D eigenvalue weighted by Gasteiger charge is -2.31. The van der Waals surface area contributed by atoms with Gasteiger partial charge in [0.2, 0.25) is 11.8 Å².